The van der Waals surface area contributed by atoms with Gasteiger partial charge in [0, 0.05) is 17.8 Å². The van der Waals surface area contributed by atoms with Crippen LogP contribution < -0.4 is 5.32 Å². The first-order valence-electron chi connectivity index (χ1n) is 8.60. The van der Waals surface area contributed by atoms with E-state index in [1.807, 2.05) is 0 Å². The maximum Gasteiger partial charge on any atom is 0.230 e. The summed E-state index contributed by atoms with van der Waals surface area (Å²) in [6.45, 7) is 0. The quantitative estimate of drug-likeness (QED) is 0.678. The fourth-order valence-electron chi connectivity index (χ4n) is 4.25. The molecule has 2 aliphatic rings. The van der Waals surface area contributed by atoms with Crippen molar-refractivity contribution in [3.8, 4) is 0 Å². The van der Waals surface area contributed by atoms with Crippen LogP contribution in [-0.2, 0) is 4.79 Å². The number of pyridine rings is 1. The van der Waals surface area contributed by atoms with E-state index in [0.717, 1.165) is 0 Å². The molecule has 6 atom stereocenters. The first-order chi connectivity index (χ1) is 12.9. The molecule has 142 valence electrons. The molecule has 0 saturated heterocycles. The lowest BCUT2D eigenvalue weighted by molar-refractivity contribution is -0.126. The van der Waals surface area contributed by atoms with E-state index in [-0.39, 0.29) is 11.8 Å². The minimum atomic E-state index is -0.951. The molecule has 0 bridgehead atoms. The monoisotopic (exact) mass is 410 g/mol. The van der Waals surface area contributed by atoms with Gasteiger partial charge < -0.3 is 15.5 Å². The van der Waals surface area contributed by atoms with Crippen molar-refractivity contribution in [2.45, 2.75) is 24.5 Å². The van der Waals surface area contributed by atoms with Gasteiger partial charge >= 0.3 is 0 Å². The lowest BCUT2D eigenvalue weighted by Gasteiger charge is -2.34. The van der Waals surface area contributed by atoms with Gasteiger partial charge in [-0.2, -0.15) is 4.39 Å². The number of anilines is 1. The van der Waals surface area contributed by atoms with E-state index >= 15 is 0 Å². The normalized spacial score (nSPS) is 31.9. The van der Waals surface area contributed by atoms with Gasteiger partial charge in [-0.3, -0.25) is 4.79 Å². The van der Waals surface area contributed by atoms with E-state index in [0.29, 0.717) is 27.7 Å². The zero-order valence-corrected chi connectivity index (χ0v) is 15.5. The molecule has 0 unspecified atom stereocenters. The predicted octanol–water partition coefficient (Wildman–Crippen LogP) is 3.24. The molecule has 0 spiro atoms. The van der Waals surface area contributed by atoms with E-state index in [1.54, 1.807) is 18.2 Å². The van der Waals surface area contributed by atoms with Gasteiger partial charge in [0.25, 0.3) is 0 Å². The Hall–Kier alpha value is -1.73. The number of halogens is 3. The number of amides is 1. The molecule has 2 aromatic rings. The zero-order valence-electron chi connectivity index (χ0n) is 14.0. The van der Waals surface area contributed by atoms with Gasteiger partial charge in [-0.1, -0.05) is 23.2 Å². The SMILES string of the molecule is O=C(Nc1ccc(Cl)c(Cl)c1)[C@H]1[C@H](c2ccnc(F)c2)[C@@H]2[C@@H](O)[C@@H]2C[C@@H]1O. The van der Waals surface area contributed by atoms with Crippen molar-refractivity contribution >= 4 is 34.8 Å². The van der Waals surface area contributed by atoms with Crippen molar-refractivity contribution in [1.82, 2.24) is 4.98 Å². The highest BCUT2D eigenvalue weighted by molar-refractivity contribution is 6.42. The van der Waals surface area contributed by atoms with Crippen molar-refractivity contribution in [1.29, 1.82) is 0 Å². The number of carbonyl (C=O) groups is 1. The number of aliphatic hydroxyl groups is 2. The van der Waals surface area contributed by atoms with Crippen LogP contribution in [0.5, 0.6) is 0 Å². The number of hydrogen-bond donors (Lipinski definition) is 3. The van der Waals surface area contributed by atoms with Gasteiger partial charge in [-0.05, 0) is 54.2 Å². The molecule has 3 N–H and O–H groups in total. The Morgan fingerprint density at radius 3 is 2.67 bits per heavy atom. The summed E-state index contributed by atoms with van der Waals surface area (Å²) in [7, 11) is 0. The topological polar surface area (TPSA) is 82.5 Å². The Bertz CT molecular complexity index is 897. The number of hydrogen-bond acceptors (Lipinski definition) is 4. The van der Waals surface area contributed by atoms with Crippen molar-refractivity contribution < 1.29 is 19.4 Å². The highest BCUT2D eigenvalue weighted by Gasteiger charge is 2.62. The van der Waals surface area contributed by atoms with Crippen LogP contribution in [0.25, 0.3) is 0 Å². The van der Waals surface area contributed by atoms with Gasteiger partial charge in [0.15, 0.2) is 0 Å². The Kier molecular flexibility index (Phi) is 4.84. The largest absolute Gasteiger partial charge is 0.393 e. The maximum atomic E-state index is 13.7. The van der Waals surface area contributed by atoms with E-state index in [2.05, 4.69) is 10.3 Å². The minimum absolute atomic E-state index is 0.0877. The van der Waals surface area contributed by atoms with E-state index in [9.17, 15) is 19.4 Å². The van der Waals surface area contributed by atoms with Crippen molar-refractivity contribution in [3.63, 3.8) is 0 Å². The summed E-state index contributed by atoms with van der Waals surface area (Å²) in [5.74, 6) is -2.70. The van der Waals surface area contributed by atoms with Gasteiger partial charge in [-0.25, -0.2) is 4.98 Å². The lowest BCUT2D eigenvalue weighted by Crippen LogP contribution is -2.41. The van der Waals surface area contributed by atoms with E-state index in [1.165, 1.54) is 18.3 Å². The molecule has 2 saturated carbocycles. The number of aromatic nitrogens is 1. The second-order valence-electron chi connectivity index (χ2n) is 7.12. The number of aliphatic hydroxyl groups excluding tert-OH is 2. The van der Waals surface area contributed by atoms with E-state index < -0.39 is 35.9 Å². The summed E-state index contributed by atoms with van der Waals surface area (Å²) in [5, 5.41) is 24.2. The van der Waals surface area contributed by atoms with Crippen LogP contribution >= 0.6 is 23.2 Å². The van der Waals surface area contributed by atoms with Crippen LogP contribution in [0.3, 0.4) is 0 Å². The fraction of sp³-hybridized carbons (Fsp3) is 0.368. The first-order valence-corrected chi connectivity index (χ1v) is 9.36. The van der Waals surface area contributed by atoms with Crippen molar-refractivity contribution in [2.24, 2.45) is 17.8 Å². The van der Waals surface area contributed by atoms with Crippen LogP contribution in [0.15, 0.2) is 36.5 Å². The van der Waals surface area contributed by atoms with Crippen LogP contribution in [-0.4, -0.2) is 33.3 Å². The third kappa shape index (κ3) is 3.43. The molecular weight excluding hydrogens is 394 g/mol. The highest BCUT2D eigenvalue weighted by atomic mass is 35.5. The second-order valence-corrected chi connectivity index (χ2v) is 7.93. The summed E-state index contributed by atoms with van der Waals surface area (Å²) < 4.78 is 13.7. The first kappa shape index (κ1) is 18.6. The number of nitrogens with one attached hydrogen (secondary N) is 1. The van der Waals surface area contributed by atoms with Crippen molar-refractivity contribution in [3.05, 3.63) is 58.1 Å². The third-order valence-electron chi connectivity index (χ3n) is 5.54. The molecular formula is C19H17Cl2FN2O3. The molecule has 4 rings (SSSR count). The standard InChI is InChI=1S/C19H17Cl2FN2O3/c20-11-2-1-9(6-12(11)21)24-19(27)17-13(25)7-10-16(18(10)26)15(17)8-3-4-23-14(22)5-8/h1-6,10,13,15-18,25-26H,7H2,(H,24,27)/t10-,13+,15-,16-,17-,18+/m1/s1. The Morgan fingerprint density at radius 1 is 1.19 bits per heavy atom. The summed E-state index contributed by atoms with van der Waals surface area (Å²) in [4.78, 5) is 16.5. The summed E-state index contributed by atoms with van der Waals surface area (Å²) >= 11 is 11.9. The fourth-order valence-corrected chi connectivity index (χ4v) is 4.55. The molecule has 0 radical (unpaired) electrons. The van der Waals surface area contributed by atoms with Gasteiger partial charge in [0.05, 0.1) is 28.2 Å². The molecule has 2 aliphatic carbocycles. The second kappa shape index (κ2) is 7.02. The average Bonchev–Trinajstić information content (AvgIpc) is 3.26. The average molecular weight is 411 g/mol. The predicted molar refractivity (Wildman–Crippen MR) is 99.1 cm³/mol. The highest BCUT2D eigenvalue weighted by Crippen LogP contribution is 2.59. The minimum Gasteiger partial charge on any atom is -0.393 e. The molecule has 27 heavy (non-hydrogen) atoms. The third-order valence-corrected chi connectivity index (χ3v) is 6.28. The summed E-state index contributed by atoms with van der Waals surface area (Å²) in [6.07, 6.45) is 0.0923. The molecule has 1 aromatic carbocycles. The number of benzene rings is 1. The number of carbonyl (C=O) groups excluding carboxylic acids is 1. The Balaban J connectivity index is 1.65. The smallest absolute Gasteiger partial charge is 0.230 e. The van der Waals surface area contributed by atoms with Crippen LogP contribution in [0, 0.1) is 23.7 Å². The van der Waals surface area contributed by atoms with Crippen LogP contribution in [0.4, 0.5) is 10.1 Å². The number of nitrogens with zero attached hydrogens (tertiary/aromatic N) is 1. The van der Waals surface area contributed by atoms with Crippen LogP contribution in [0.2, 0.25) is 10.0 Å². The van der Waals surface area contributed by atoms with E-state index in [4.69, 9.17) is 23.2 Å². The van der Waals surface area contributed by atoms with Gasteiger partial charge in [-0.15, -0.1) is 0 Å². The number of fused-ring (bicyclic) bond motifs is 1. The molecule has 8 heteroatoms. The molecule has 1 heterocycles. The van der Waals surface area contributed by atoms with Crippen molar-refractivity contribution in [2.75, 3.05) is 5.32 Å². The summed E-state index contributed by atoms with van der Waals surface area (Å²) in [5.41, 5.74) is 0.988. The number of rotatable bonds is 3. The summed E-state index contributed by atoms with van der Waals surface area (Å²) in [6, 6.07) is 7.56. The molecule has 5 nitrogen and oxygen atoms in total. The molecule has 2 fully saturated rings. The maximum absolute atomic E-state index is 13.7. The molecule has 0 aliphatic heterocycles. The molecule has 1 amide bonds. The van der Waals surface area contributed by atoms with Crippen LogP contribution in [0.1, 0.15) is 17.9 Å². The lowest BCUT2D eigenvalue weighted by atomic mass is 9.73. The zero-order chi connectivity index (χ0) is 19.3. The van der Waals surface area contributed by atoms with Gasteiger partial charge in [0.1, 0.15) is 0 Å². The Labute approximate surface area is 165 Å². The Morgan fingerprint density at radius 2 is 1.96 bits per heavy atom. The molecule has 1 aromatic heterocycles. The van der Waals surface area contributed by atoms with Gasteiger partial charge in [0.2, 0.25) is 11.9 Å².